The van der Waals surface area contributed by atoms with Gasteiger partial charge >= 0.3 is 6.03 Å². The van der Waals surface area contributed by atoms with Gasteiger partial charge in [-0.15, -0.1) is 12.4 Å². The van der Waals surface area contributed by atoms with E-state index >= 15 is 0 Å². The van der Waals surface area contributed by atoms with Gasteiger partial charge in [0, 0.05) is 46.2 Å². The molecule has 130 valence electrons. The summed E-state index contributed by atoms with van der Waals surface area (Å²) >= 11 is 0. The summed E-state index contributed by atoms with van der Waals surface area (Å²) in [6.45, 7) is 3.17. The van der Waals surface area contributed by atoms with Crippen molar-refractivity contribution in [1.82, 2.24) is 15.1 Å². The minimum Gasteiger partial charge on any atom is -0.342 e. The summed E-state index contributed by atoms with van der Waals surface area (Å²) in [4.78, 5) is 27.1. The van der Waals surface area contributed by atoms with E-state index in [9.17, 15) is 9.59 Å². The van der Waals surface area contributed by atoms with Gasteiger partial charge in [0.2, 0.25) is 5.91 Å². The van der Waals surface area contributed by atoms with Crippen molar-refractivity contribution in [2.24, 2.45) is 5.73 Å². The highest BCUT2D eigenvalue weighted by Gasteiger charge is 2.15. The van der Waals surface area contributed by atoms with E-state index in [0.29, 0.717) is 19.6 Å². The summed E-state index contributed by atoms with van der Waals surface area (Å²) in [5.41, 5.74) is 6.59. The predicted octanol–water partition coefficient (Wildman–Crippen LogP) is 1.45. The molecule has 1 aromatic rings. The van der Waals surface area contributed by atoms with Gasteiger partial charge in [-0.25, -0.2) is 4.79 Å². The summed E-state index contributed by atoms with van der Waals surface area (Å²) in [6.07, 6.45) is 0.270. The highest BCUT2D eigenvalue weighted by atomic mass is 35.5. The van der Waals surface area contributed by atoms with Crippen LogP contribution in [0.5, 0.6) is 0 Å². The second-order valence-corrected chi connectivity index (χ2v) is 5.41. The summed E-state index contributed by atoms with van der Waals surface area (Å²) in [5, 5.41) is 2.75. The van der Waals surface area contributed by atoms with Crippen LogP contribution in [0.1, 0.15) is 18.9 Å². The normalized spacial score (nSPS) is 11.1. The fourth-order valence-electron chi connectivity index (χ4n) is 1.92. The lowest BCUT2D eigenvalue weighted by atomic mass is 10.2. The van der Waals surface area contributed by atoms with Crippen LogP contribution >= 0.6 is 12.4 Å². The molecule has 1 aromatic carbocycles. The maximum Gasteiger partial charge on any atom is 0.317 e. The van der Waals surface area contributed by atoms with Crippen molar-refractivity contribution in [3.63, 3.8) is 0 Å². The quantitative estimate of drug-likeness (QED) is 0.787. The number of carbonyl (C=O) groups is 2. The molecular weight excluding hydrogens is 316 g/mol. The molecule has 0 fully saturated rings. The van der Waals surface area contributed by atoms with Gasteiger partial charge < -0.3 is 20.9 Å². The highest BCUT2D eigenvalue weighted by molar-refractivity contribution is 5.85. The van der Waals surface area contributed by atoms with Crippen molar-refractivity contribution < 1.29 is 9.59 Å². The van der Waals surface area contributed by atoms with E-state index in [1.807, 2.05) is 37.3 Å². The molecule has 3 N–H and O–H groups in total. The number of likely N-dealkylation sites (N-methyl/N-ethyl adjacent to an activating group) is 1. The Kier molecular flexibility index (Phi) is 10.0. The molecular formula is C16H27ClN4O2. The number of urea groups is 1. The Hall–Kier alpha value is -1.79. The van der Waals surface area contributed by atoms with E-state index < -0.39 is 0 Å². The maximum absolute atomic E-state index is 12.0. The van der Waals surface area contributed by atoms with Crippen LogP contribution in [0.3, 0.4) is 0 Å². The fraction of sp³-hybridized carbons (Fsp3) is 0.500. The van der Waals surface area contributed by atoms with Gasteiger partial charge in [-0.2, -0.15) is 0 Å². The van der Waals surface area contributed by atoms with Crippen molar-refractivity contribution in [3.8, 4) is 0 Å². The van der Waals surface area contributed by atoms with E-state index in [4.69, 9.17) is 5.73 Å². The largest absolute Gasteiger partial charge is 0.342 e. The summed E-state index contributed by atoms with van der Waals surface area (Å²) < 4.78 is 0. The third-order valence-corrected chi connectivity index (χ3v) is 3.62. The minimum absolute atomic E-state index is 0. The number of carbonyl (C=O) groups excluding carboxylic acids is 2. The Morgan fingerprint density at radius 2 is 1.83 bits per heavy atom. The predicted molar refractivity (Wildman–Crippen MR) is 94.5 cm³/mol. The van der Waals surface area contributed by atoms with Crippen molar-refractivity contribution in [2.45, 2.75) is 25.9 Å². The Bertz CT molecular complexity index is 484. The Labute approximate surface area is 144 Å². The summed E-state index contributed by atoms with van der Waals surface area (Å²) in [7, 11) is 3.45. The fourth-order valence-corrected chi connectivity index (χ4v) is 1.92. The molecule has 0 aliphatic carbocycles. The molecule has 6 nitrogen and oxygen atoms in total. The maximum atomic E-state index is 12.0. The van der Waals surface area contributed by atoms with Gasteiger partial charge in [0.25, 0.3) is 0 Å². The summed E-state index contributed by atoms with van der Waals surface area (Å²) in [5.74, 6) is -0.0241. The van der Waals surface area contributed by atoms with Gasteiger partial charge in [0.05, 0.1) is 0 Å². The number of nitrogens with two attached hydrogens (primary N) is 1. The molecule has 0 aromatic heterocycles. The molecule has 7 heteroatoms. The molecule has 0 saturated heterocycles. The zero-order valence-corrected chi connectivity index (χ0v) is 14.8. The first-order chi connectivity index (χ1) is 10.5. The van der Waals surface area contributed by atoms with Crippen LogP contribution in [0.15, 0.2) is 30.3 Å². The van der Waals surface area contributed by atoms with Crippen molar-refractivity contribution >= 4 is 24.3 Å². The van der Waals surface area contributed by atoms with Crippen LogP contribution in [0.4, 0.5) is 4.79 Å². The molecule has 0 saturated carbocycles. The molecule has 0 bridgehead atoms. The number of nitrogens with one attached hydrogen (secondary N) is 1. The number of rotatable bonds is 7. The molecule has 0 aliphatic rings. The lowest BCUT2D eigenvalue weighted by Crippen LogP contribution is -2.42. The van der Waals surface area contributed by atoms with Crippen LogP contribution in [-0.2, 0) is 11.3 Å². The first kappa shape index (κ1) is 21.2. The van der Waals surface area contributed by atoms with E-state index in [2.05, 4.69) is 5.32 Å². The molecule has 1 rings (SSSR count). The van der Waals surface area contributed by atoms with Crippen LogP contribution in [0.25, 0.3) is 0 Å². The topological polar surface area (TPSA) is 78.7 Å². The second kappa shape index (κ2) is 10.9. The van der Waals surface area contributed by atoms with Gasteiger partial charge in [-0.1, -0.05) is 30.3 Å². The smallest absolute Gasteiger partial charge is 0.317 e. The third kappa shape index (κ3) is 7.34. The molecule has 0 heterocycles. The molecule has 3 amide bonds. The number of hydrogen-bond acceptors (Lipinski definition) is 3. The number of amides is 3. The molecule has 0 aliphatic heterocycles. The number of halogens is 1. The van der Waals surface area contributed by atoms with Crippen LogP contribution < -0.4 is 11.1 Å². The molecule has 0 radical (unpaired) electrons. The van der Waals surface area contributed by atoms with Crippen LogP contribution in [0, 0.1) is 0 Å². The van der Waals surface area contributed by atoms with Gasteiger partial charge in [0.1, 0.15) is 0 Å². The lowest BCUT2D eigenvalue weighted by Gasteiger charge is -2.24. The van der Waals surface area contributed by atoms with Crippen LogP contribution in [0.2, 0.25) is 0 Å². The average molecular weight is 343 g/mol. The molecule has 1 unspecified atom stereocenters. The van der Waals surface area contributed by atoms with E-state index in [-0.39, 0.29) is 36.8 Å². The third-order valence-electron chi connectivity index (χ3n) is 3.62. The van der Waals surface area contributed by atoms with Crippen molar-refractivity contribution in [3.05, 3.63) is 35.9 Å². The lowest BCUT2D eigenvalue weighted by molar-refractivity contribution is -0.131. The number of nitrogens with zero attached hydrogens (tertiary/aromatic N) is 2. The zero-order chi connectivity index (χ0) is 16.5. The van der Waals surface area contributed by atoms with E-state index in [0.717, 1.165) is 5.56 Å². The van der Waals surface area contributed by atoms with Crippen LogP contribution in [-0.4, -0.2) is 55.0 Å². The Balaban J connectivity index is 0.00000484. The van der Waals surface area contributed by atoms with Crippen molar-refractivity contribution in [2.75, 3.05) is 27.2 Å². The Morgan fingerprint density at radius 3 is 2.39 bits per heavy atom. The molecule has 0 spiro atoms. The van der Waals surface area contributed by atoms with Gasteiger partial charge in [0.15, 0.2) is 0 Å². The minimum atomic E-state index is -0.189. The monoisotopic (exact) mass is 342 g/mol. The SMILES string of the molecule is CC(CN)N(C)C(=O)CCNC(=O)N(C)Cc1ccccc1.Cl. The number of hydrogen-bond donors (Lipinski definition) is 2. The van der Waals surface area contributed by atoms with E-state index in [1.54, 1.807) is 23.9 Å². The molecule has 1 atom stereocenters. The second-order valence-electron chi connectivity index (χ2n) is 5.41. The standard InChI is InChI=1S/C16H26N4O2.ClH/c1-13(11-17)20(3)15(21)9-10-18-16(22)19(2)12-14-7-5-4-6-8-14;/h4-8,13H,9-12,17H2,1-3H3,(H,18,22);1H. The number of benzene rings is 1. The van der Waals surface area contributed by atoms with Crippen molar-refractivity contribution in [1.29, 1.82) is 0 Å². The van der Waals surface area contributed by atoms with Gasteiger partial charge in [-0.3, -0.25) is 4.79 Å². The van der Waals surface area contributed by atoms with E-state index in [1.165, 1.54) is 0 Å². The Morgan fingerprint density at radius 1 is 1.22 bits per heavy atom. The van der Waals surface area contributed by atoms with Gasteiger partial charge in [-0.05, 0) is 12.5 Å². The average Bonchev–Trinajstić information content (AvgIpc) is 2.53. The first-order valence-corrected chi connectivity index (χ1v) is 7.44. The first-order valence-electron chi connectivity index (χ1n) is 7.44. The zero-order valence-electron chi connectivity index (χ0n) is 14.0. The highest BCUT2D eigenvalue weighted by Crippen LogP contribution is 2.02. The molecule has 23 heavy (non-hydrogen) atoms. The summed E-state index contributed by atoms with van der Waals surface area (Å²) in [6, 6.07) is 9.57.